The van der Waals surface area contributed by atoms with Crippen molar-refractivity contribution in [1.82, 2.24) is 0 Å². The maximum absolute atomic E-state index is 12.1. The number of carbonyl (C=O) groups is 1. The van der Waals surface area contributed by atoms with Crippen LogP contribution in [0.1, 0.15) is 29.3 Å². The summed E-state index contributed by atoms with van der Waals surface area (Å²) in [6.45, 7) is 1.80. The molecule has 0 saturated heterocycles. The van der Waals surface area contributed by atoms with E-state index in [-0.39, 0.29) is 11.3 Å². The van der Waals surface area contributed by atoms with Crippen LogP contribution in [0.25, 0.3) is 0 Å². The van der Waals surface area contributed by atoms with E-state index in [0.717, 1.165) is 6.07 Å². The number of rotatable bonds is 4. The van der Waals surface area contributed by atoms with Gasteiger partial charge in [0.05, 0.1) is 0 Å². The third-order valence-electron chi connectivity index (χ3n) is 2.30. The highest BCUT2D eigenvalue weighted by atomic mass is 19.4. The predicted octanol–water partition coefficient (Wildman–Crippen LogP) is 3.23. The average molecular weight is 259 g/mol. The molecule has 0 unspecified atom stereocenters. The van der Waals surface area contributed by atoms with E-state index >= 15 is 0 Å². The van der Waals surface area contributed by atoms with Gasteiger partial charge in [-0.25, -0.2) is 0 Å². The van der Waals surface area contributed by atoms with Gasteiger partial charge in [-0.2, -0.15) is 0 Å². The first-order chi connectivity index (χ1) is 8.41. The van der Waals surface area contributed by atoms with Gasteiger partial charge in [0.1, 0.15) is 5.75 Å². The number of aldehydes is 1. The maximum Gasteiger partial charge on any atom is 0.573 e. The van der Waals surface area contributed by atoms with Gasteiger partial charge in [0, 0.05) is 23.9 Å². The monoisotopic (exact) mass is 259 g/mol. The second-order valence-corrected chi connectivity index (χ2v) is 3.44. The normalized spacial score (nSPS) is 12.4. The minimum absolute atomic E-state index is 0.284. The summed E-state index contributed by atoms with van der Waals surface area (Å²) in [4.78, 5) is 14.8. The molecular weight excluding hydrogens is 247 g/mol. The maximum atomic E-state index is 12.1. The van der Waals surface area contributed by atoms with Crippen molar-refractivity contribution in [3.05, 3.63) is 29.3 Å². The molecule has 0 bridgehead atoms. The number of hydrogen-bond acceptors (Lipinski definition) is 3. The molecule has 0 aromatic heterocycles. The lowest BCUT2D eigenvalue weighted by Gasteiger charge is -2.12. The van der Waals surface area contributed by atoms with Crippen molar-refractivity contribution in [2.45, 2.75) is 19.7 Å². The van der Waals surface area contributed by atoms with Gasteiger partial charge in [-0.15, -0.1) is 13.2 Å². The fourth-order valence-electron chi connectivity index (χ4n) is 1.55. The minimum atomic E-state index is -4.75. The van der Waals surface area contributed by atoms with E-state index in [1.807, 2.05) is 0 Å². The van der Waals surface area contributed by atoms with Gasteiger partial charge in [-0.05, 0) is 24.6 Å². The van der Waals surface area contributed by atoms with Crippen molar-refractivity contribution in [3.8, 4) is 5.75 Å². The van der Waals surface area contributed by atoms with Gasteiger partial charge in [-0.3, -0.25) is 9.79 Å². The van der Waals surface area contributed by atoms with E-state index in [4.69, 9.17) is 0 Å². The first-order valence-corrected chi connectivity index (χ1v) is 5.22. The van der Waals surface area contributed by atoms with Crippen LogP contribution in [0.2, 0.25) is 0 Å². The quantitative estimate of drug-likeness (QED) is 0.615. The summed E-state index contributed by atoms with van der Waals surface area (Å²) in [6, 6.07) is 3.55. The molecule has 18 heavy (non-hydrogen) atoms. The summed E-state index contributed by atoms with van der Waals surface area (Å²) in [5, 5.41) is 0. The Kier molecular flexibility index (Phi) is 4.47. The standard InChI is InChI=1S/C12H12F3NO2/c1-3-11(16-2)10-6-9(18-12(13,14)15)5-4-8(10)7-17/h4-7H,3H2,1-2H3. The van der Waals surface area contributed by atoms with E-state index < -0.39 is 6.36 Å². The van der Waals surface area contributed by atoms with E-state index in [1.165, 1.54) is 19.2 Å². The number of alkyl halides is 3. The van der Waals surface area contributed by atoms with Crippen molar-refractivity contribution in [3.63, 3.8) is 0 Å². The number of aliphatic imine (C=N–C) groups is 1. The Morgan fingerprint density at radius 1 is 1.44 bits per heavy atom. The summed E-state index contributed by atoms with van der Waals surface area (Å²) < 4.78 is 40.1. The number of ether oxygens (including phenoxy) is 1. The number of carbonyl (C=O) groups excluding carboxylic acids is 1. The summed E-state index contributed by atoms with van der Waals surface area (Å²) in [5.74, 6) is -0.363. The molecule has 6 heteroatoms. The van der Waals surface area contributed by atoms with Crippen molar-refractivity contribution in [2.75, 3.05) is 7.05 Å². The molecule has 0 fully saturated rings. The summed E-state index contributed by atoms with van der Waals surface area (Å²) in [7, 11) is 1.52. The SMILES string of the molecule is CCC(=NC)c1cc(OC(F)(F)F)ccc1C=O. The van der Waals surface area contributed by atoms with Crippen LogP contribution in [0, 0.1) is 0 Å². The zero-order chi connectivity index (χ0) is 13.8. The van der Waals surface area contributed by atoms with Gasteiger partial charge in [0.25, 0.3) is 0 Å². The topological polar surface area (TPSA) is 38.7 Å². The zero-order valence-electron chi connectivity index (χ0n) is 9.91. The lowest BCUT2D eigenvalue weighted by Crippen LogP contribution is -2.17. The molecule has 0 aliphatic rings. The fraction of sp³-hybridized carbons (Fsp3) is 0.333. The van der Waals surface area contributed by atoms with E-state index in [9.17, 15) is 18.0 Å². The van der Waals surface area contributed by atoms with Gasteiger partial charge < -0.3 is 4.74 Å². The first kappa shape index (κ1) is 14.2. The van der Waals surface area contributed by atoms with Crippen molar-refractivity contribution < 1.29 is 22.7 Å². The Hall–Kier alpha value is -1.85. The number of benzene rings is 1. The van der Waals surface area contributed by atoms with Crippen LogP contribution in [0.5, 0.6) is 5.75 Å². The average Bonchev–Trinajstić information content (AvgIpc) is 2.29. The van der Waals surface area contributed by atoms with Gasteiger partial charge in [0.2, 0.25) is 0 Å². The second-order valence-electron chi connectivity index (χ2n) is 3.44. The number of nitrogens with zero attached hydrogens (tertiary/aromatic N) is 1. The summed E-state index contributed by atoms with van der Waals surface area (Å²) >= 11 is 0. The molecule has 0 amide bonds. The van der Waals surface area contributed by atoms with Crippen molar-refractivity contribution >= 4 is 12.0 Å². The van der Waals surface area contributed by atoms with E-state index in [2.05, 4.69) is 9.73 Å². The van der Waals surface area contributed by atoms with Crippen LogP contribution in [0.15, 0.2) is 23.2 Å². The van der Waals surface area contributed by atoms with Crippen LogP contribution >= 0.6 is 0 Å². The fourth-order valence-corrected chi connectivity index (χ4v) is 1.55. The molecule has 0 aliphatic heterocycles. The summed E-state index contributed by atoms with van der Waals surface area (Å²) in [5.41, 5.74) is 1.19. The highest BCUT2D eigenvalue weighted by Crippen LogP contribution is 2.25. The molecule has 0 saturated carbocycles. The van der Waals surface area contributed by atoms with Crippen molar-refractivity contribution in [1.29, 1.82) is 0 Å². The van der Waals surface area contributed by atoms with Gasteiger partial charge in [0.15, 0.2) is 6.29 Å². The van der Waals surface area contributed by atoms with Crippen LogP contribution < -0.4 is 4.74 Å². The van der Waals surface area contributed by atoms with Crippen LogP contribution in [0.4, 0.5) is 13.2 Å². The van der Waals surface area contributed by atoms with Crippen molar-refractivity contribution in [2.24, 2.45) is 4.99 Å². The second kappa shape index (κ2) is 5.66. The Labute approximate surface area is 102 Å². The Morgan fingerprint density at radius 2 is 2.11 bits per heavy atom. The Morgan fingerprint density at radius 3 is 2.56 bits per heavy atom. The summed E-state index contributed by atoms with van der Waals surface area (Å²) in [6.07, 6.45) is -3.67. The van der Waals surface area contributed by atoms with Crippen LogP contribution in [-0.4, -0.2) is 25.4 Å². The molecule has 1 rings (SSSR count). The van der Waals surface area contributed by atoms with Gasteiger partial charge in [-0.1, -0.05) is 6.92 Å². The lowest BCUT2D eigenvalue weighted by atomic mass is 10.0. The minimum Gasteiger partial charge on any atom is -0.406 e. The molecule has 0 N–H and O–H groups in total. The largest absolute Gasteiger partial charge is 0.573 e. The highest BCUT2D eigenvalue weighted by Gasteiger charge is 2.31. The first-order valence-electron chi connectivity index (χ1n) is 5.22. The molecule has 1 aromatic rings. The van der Waals surface area contributed by atoms with Crippen LogP contribution in [-0.2, 0) is 0 Å². The molecule has 98 valence electrons. The van der Waals surface area contributed by atoms with Crippen LogP contribution in [0.3, 0.4) is 0 Å². The molecule has 1 aromatic carbocycles. The molecule has 0 spiro atoms. The lowest BCUT2D eigenvalue weighted by molar-refractivity contribution is -0.274. The molecule has 0 heterocycles. The number of halogens is 3. The van der Waals surface area contributed by atoms with E-state index in [0.29, 0.717) is 24.0 Å². The highest BCUT2D eigenvalue weighted by molar-refractivity contribution is 6.06. The van der Waals surface area contributed by atoms with Gasteiger partial charge >= 0.3 is 6.36 Å². The third kappa shape index (κ3) is 3.58. The molecule has 0 atom stereocenters. The molecule has 0 aliphatic carbocycles. The Bertz CT molecular complexity index is 467. The molecule has 3 nitrogen and oxygen atoms in total. The molecule has 0 radical (unpaired) electrons. The third-order valence-corrected chi connectivity index (χ3v) is 2.30. The Balaban J connectivity index is 3.21. The smallest absolute Gasteiger partial charge is 0.406 e. The number of hydrogen-bond donors (Lipinski definition) is 0. The predicted molar refractivity (Wildman–Crippen MR) is 61.3 cm³/mol. The molecular formula is C12H12F3NO2. The van der Waals surface area contributed by atoms with E-state index in [1.54, 1.807) is 6.92 Å². The zero-order valence-corrected chi connectivity index (χ0v) is 9.91.